The molecule has 1 aromatic carbocycles. The van der Waals surface area contributed by atoms with Gasteiger partial charge >= 0.3 is 5.97 Å². The molecule has 0 unspecified atom stereocenters. The minimum absolute atomic E-state index is 0.0154. The summed E-state index contributed by atoms with van der Waals surface area (Å²) in [5.74, 6) is -2.15. The molecule has 21 heavy (non-hydrogen) atoms. The van der Waals surface area contributed by atoms with E-state index in [0.717, 1.165) is 12.0 Å². The van der Waals surface area contributed by atoms with Gasteiger partial charge in [0, 0.05) is 10.9 Å². The van der Waals surface area contributed by atoms with E-state index in [1.807, 2.05) is 19.1 Å². The maximum Gasteiger partial charge on any atom is 0.326 e. The molecule has 1 saturated heterocycles. The van der Waals surface area contributed by atoms with Crippen LogP contribution in [0.15, 0.2) is 24.3 Å². The van der Waals surface area contributed by atoms with Crippen molar-refractivity contribution in [2.45, 2.75) is 31.8 Å². The number of hydrogen-bond acceptors (Lipinski definition) is 4. The zero-order valence-electron chi connectivity index (χ0n) is 12.1. The van der Waals surface area contributed by atoms with Crippen LogP contribution in [0.5, 0.6) is 0 Å². The molecule has 2 N–H and O–H groups in total. The van der Waals surface area contributed by atoms with Crippen molar-refractivity contribution in [3.8, 4) is 0 Å². The number of nitrogens with one attached hydrogen (secondary N) is 1. The summed E-state index contributed by atoms with van der Waals surface area (Å²) >= 11 is 5.85. The number of hydrogen-bond donors (Lipinski definition) is 2. The molecule has 0 saturated carbocycles. The highest BCUT2D eigenvalue weighted by Gasteiger charge is 2.52. The van der Waals surface area contributed by atoms with Crippen LogP contribution >= 0.6 is 11.6 Å². The van der Waals surface area contributed by atoms with Crippen LogP contribution in [0.3, 0.4) is 0 Å². The minimum atomic E-state index is -1.15. The average Bonchev–Trinajstić information content (AvgIpc) is 2.81. The first kappa shape index (κ1) is 16.2. The lowest BCUT2D eigenvalue weighted by Gasteiger charge is -2.37. The van der Waals surface area contributed by atoms with Crippen molar-refractivity contribution in [3.63, 3.8) is 0 Å². The van der Waals surface area contributed by atoms with E-state index in [9.17, 15) is 9.90 Å². The number of rotatable bonds is 6. The third-order valence-electron chi connectivity index (χ3n) is 3.88. The number of halogens is 1. The molecule has 0 spiro atoms. The molecule has 1 aliphatic rings. The van der Waals surface area contributed by atoms with Crippen molar-refractivity contribution in [1.82, 2.24) is 5.32 Å². The summed E-state index contributed by atoms with van der Waals surface area (Å²) in [6, 6.07) is 6.34. The van der Waals surface area contributed by atoms with Crippen LogP contribution in [0.4, 0.5) is 0 Å². The molecule has 0 aliphatic carbocycles. The molecule has 0 bridgehead atoms. The van der Waals surface area contributed by atoms with Crippen LogP contribution in [0.2, 0.25) is 5.02 Å². The molecule has 6 heteroatoms. The molecule has 1 heterocycles. The molecule has 1 aliphatic heterocycles. The fourth-order valence-electron chi connectivity index (χ4n) is 2.65. The first-order chi connectivity index (χ1) is 9.99. The Kier molecular flexibility index (Phi) is 5.22. The molecular weight excluding hydrogens is 294 g/mol. The summed E-state index contributed by atoms with van der Waals surface area (Å²) in [6.45, 7) is 2.71. The summed E-state index contributed by atoms with van der Waals surface area (Å²) in [7, 11) is 1.60. The summed E-state index contributed by atoms with van der Waals surface area (Å²) in [5.41, 5.74) is 0.918. The largest absolute Gasteiger partial charge is 0.480 e. The Balaban J connectivity index is 2.17. The van der Waals surface area contributed by atoms with Crippen molar-refractivity contribution in [1.29, 1.82) is 0 Å². The molecule has 2 rings (SSSR count). The zero-order valence-corrected chi connectivity index (χ0v) is 12.9. The van der Waals surface area contributed by atoms with Crippen LogP contribution in [0, 0.1) is 5.92 Å². The van der Waals surface area contributed by atoms with Gasteiger partial charge in [-0.3, -0.25) is 4.79 Å². The molecule has 0 amide bonds. The second-order valence-corrected chi connectivity index (χ2v) is 5.67. The topological polar surface area (TPSA) is 67.8 Å². The second kappa shape index (κ2) is 6.75. The lowest BCUT2D eigenvalue weighted by atomic mass is 9.93. The maximum atomic E-state index is 11.5. The summed E-state index contributed by atoms with van der Waals surface area (Å²) in [6.07, 6.45) is 0.770. The smallest absolute Gasteiger partial charge is 0.326 e. The summed E-state index contributed by atoms with van der Waals surface area (Å²) < 4.78 is 11.7. The van der Waals surface area contributed by atoms with Crippen LogP contribution < -0.4 is 5.32 Å². The summed E-state index contributed by atoms with van der Waals surface area (Å²) in [5, 5.41) is 12.9. The Bertz CT molecular complexity index is 493. The predicted molar refractivity (Wildman–Crippen MR) is 79.2 cm³/mol. The van der Waals surface area contributed by atoms with E-state index in [4.69, 9.17) is 21.1 Å². The Morgan fingerprint density at radius 1 is 1.57 bits per heavy atom. The van der Waals surface area contributed by atoms with E-state index in [0.29, 0.717) is 11.6 Å². The molecule has 1 fully saturated rings. The monoisotopic (exact) mass is 313 g/mol. The third-order valence-corrected chi connectivity index (χ3v) is 4.13. The molecule has 0 aromatic heterocycles. The van der Waals surface area contributed by atoms with Gasteiger partial charge in [-0.1, -0.05) is 30.7 Å². The molecule has 1 aromatic rings. The van der Waals surface area contributed by atoms with Crippen molar-refractivity contribution < 1.29 is 19.4 Å². The fourth-order valence-corrected chi connectivity index (χ4v) is 2.77. The third kappa shape index (κ3) is 3.37. The average molecular weight is 314 g/mol. The number of carboxylic acids is 1. The molecule has 116 valence electrons. The zero-order chi connectivity index (χ0) is 15.5. The highest BCUT2D eigenvalue weighted by atomic mass is 35.5. The van der Waals surface area contributed by atoms with Gasteiger partial charge in [0.1, 0.15) is 0 Å². The van der Waals surface area contributed by atoms with Crippen LogP contribution in [0.1, 0.15) is 18.9 Å². The number of likely N-dealkylation sites (N-methyl/N-ethyl adjacent to an activating group) is 1. The molecule has 5 nitrogen and oxygen atoms in total. The maximum absolute atomic E-state index is 11.5. The second-order valence-electron chi connectivity index (χ2n) is 5.23. The normalized spacial score (nSPS) is 26.7. The molecule has 0 radical (unpaired) electrons. The quantitative estimate of drug-likeness (QED) is 0.843. The molecule has 3 atom stereocenters. The Morgan fingerprint density at radius 3 is 2.71 bits per heavy atom. The van der Waals surface area contributed by atoms with E-state index < -0.39 is 17.8 Å². The number of carboxylic acid groups (broad SMARTS) is 1. The lowest BCUT2D eigenvalue weighted by molar-refractivity contribution is -0.252. The Labute approximate surface area is 129 Å². The highest BCUT2D eigenvalue weighted by Crippen LogP contribution is 2.37. The number of carbonyl (C=O) groups is 1. The van der Waals surface area contributed by atoms with Gasteiger partial charge in [-0.05, 0) is 31.2 Å². The van der Waals surface area contributed by atoms with E-state index in [-0.39, 0.29) is 12.5 Å². The van der Waals surface area contributed by atoms with E-state index in [1.165, 1.54) is 0 Å². The van der Waals surface area contributed by atoms with Gasteiger partial charge in [0.05, 0.1) is 13.2 Å². The van der Waals surface area contributed by atoms with Crippen LogP contribution in [0.25, 0.3) is 0 Å². The SMILES string of the molecule is CN[C@@H](C(=O)O)[C@@]1(OCc2ccc(Cl)cc2)OCC[C@H]1C. The van der Waals surface area contributed by atoms with Crippen molar-refractivity contribution in [2.24, 2.45) is 5.92 Å². The fraction of sp³-hybridized carbons (Fsp3) is 0.533. The highest BCUT2D eigenvalue weighted by molar-refractivity contribution is 6.30. The van der Waals surface area contributed by atoms with E-state index in [2.05, 4.69) is 5.32 Å². The van der Waals surface area contributed by atoms with E-state index in [1.54, 1.807) is 19.2 Å². The van der Waals surface area contributed by atoms with Gasteiger partial charge in [0.15, 0.2) is 11.8 Å². The lowest BCUT2D eigenvalue weighted by Crippen LogP contribution is -2.58. The summed E-state index contributed by atoms with van der Waals surface area (Å²) in [4.78, 5) is 11.5. The first-order valence-corrected chi connectivity index (χ1v) is 7.30. The van der Waals surface area contributed by atoms with Gasteiger partial charge in [-0.2, -0.15) is 0 Å². The first-order valence-electron chi connectivity index (χ1n) is 6.92. The van der Waals surface area contributed by atoms with Crippen molar-refractivity contribution >= 4 is 17.6 Å². The predicted octanol–water partition coefficient (Wildman–Crippen LogP) is 2.28. The van der Waals surface area contributed by atoms with Crippen molar-refractivity contribution in [3.05, 3.63) is 34.9 Å². The van der Waals surface area contributed by atoms with Gasteiger partial charge in [0.2, 0.25) is 0 Å². The van der Waals surface area contributed by atoms with Crippen LogP contribution in [-0.4, -0.2) is 36.6 Å². The Hall–Kier alpha value is -1.14. The van der Waals surface area contributed by atoms with Gasteiger partial charge in [-0.25, -0.2) is 0 Å². The molecular formula is C15H20ClNO4. The Morgan fingerprint density at radius 2 is 2.24 bits per heavy atom. The van der Waals surface area contributed by atoms with Gasteiger partial charge in [-0.15, -0.1) is 0 Å². The van der Waals surface area contributed by atoms with Gasteiger partial charge in [0.25, 0.3) is 0 Å². The van der Waals surface area contributed by atoms with Crippen molar-refractivity contribution in [2.75, 3.05) is 13.7 Å². The number of aliphatic carboxylic acids is 1. The standard InChI is InChI=1S/C15H20ClNO4/c1-10-7-8-20-15(10,13(17-2)14(18)19)21-9-11-3-5-12(16)6-4-11/h3-6,10,13,17H,7-9H2,1-2H3,(H,18,19)/t10-,13+,15-/m1/s1. The number of ether oxygens (including phenoxy) is 2. The van der Waals surface area contributed by atoms with Crippen LogP contribution in [-0.2, 0) is 20.9 Å². The van der Waals surface area contributed by atoms with Gasteiger partial charge < -0.3 is 19.9 Å². The minimum Gasteiger partial charge on any atom is -0.480 e. The van der Waals surface area contributed by atoms with E-state index >= 15 is 0 Å². The number of benzene rings is 1.